The number of likely N-dealkylation sites (N-methyl/N-ethyl adjacent to an activating group) is 1. The molecule has 0 saturated heterocycles. The fourth-order valence-corrected chi connectivity index (χ4v) is 3.92. The van der Waals surface area contributed by atoms with Crippen molar-refractivity contribution in [3.05, 3.63) is 29.6 Å². The number of ether oxygens (including phenoxy) is 1. The summed E-state index contributed by atoms with van der Waals surface area (Å²) in [7, 11) is -4.35. The van der Waals surface area contributed by atoms with Gasteiger partial charge < -0.3 is 48.1 Å². The van der Waals surface area contributed by atoms with Crippen molar-refractivity contribution in [2.45, 2.75) is 26.7 Å². The summed E-state index contributed by atoms with van der Waals surface area (Å²) in [6.45, 7) is 3.97. The van der Waals surface area contributed by atoms with Crippen LogP contribution in [-0.4, -0.2) is 57.9 Å². The van der Waals surface area contributed by atoms with E-state index in [0.717, 1.165) is 5.56 Å². The monoisotopic (exact) mass is 505 g/mol. The molecule has 0 aromatic heterocycles. The molecule has 10 heteroatoms. The standard InChI is InChI=1S/C16H25FNO6P.HI/c1-3-18(11-16(19)20,12-25(21,22)23)8-4-5-9-24-15-7-6-13(2)10-14(15)17;/h6-7,10H,3-5,8-9,11-12H2,1-2H3,(H2-,19,20,21,22,23);1H. The van der Waals surface area contributed by atoms with Crippen LogP contribution in [-0.2, 0) is 9.36 Å². The number of carboxylic acid groups (broad SMARTS) is 1. The van der Waals surface area contributed by atoms with Crippen molar-refractivity contribution >= 4 is 13.6 Å². The molecule has 0 aliphatic heterocycles. The number of rotatable bonds is 11. The summed E-state index contributed by atoms with van der Waals surface area (Å²) < 4.78 is 30.2. The number of hydrogen-bond donors (Lipinski definition) is 3. The molecule has 0 saturated carbocycles. The van der Waals surface area contributed by atoms with Gasteiger partial charge in [0.2, 0.25) is 0 Å². The first-order valence-corrected chi connectivity index (χ1v) is 9.87. The molecule has 0 fully saturated rings. The predicted octanol–water partition coefficient (Wildman–Crippen LogP) is -0.646. The number of aliphatic carboxylic acids is 1. The van der Waals surface area contributed by atoms with E-state index in [1.807, 2.05) is 0 Å². The third kappa shape index (κ3) is 9.27. The Morgan fingerprint density at radius 3 is 2.46 bits per heavy atom. The van der Waals surface area contributed by atoms with Crippen molar-refractivity contribution in [3.63, 3.8) is 0 Å². The molecule has 3 N–H and O–H groups in total. The van der Waals surface area contributed by atoms with Gasteiger partial charge in [0.1, 0.15) is 0 Å². The fraction of sp³-hybridized carbons (Fsp3) is 0.562. The molecule has 26 heavy (non-hydrogen) atoms. The molecule has 0 heterocycles. The number of nitrogens with zero attached hydrogens (tertiary/aromatic N) is 1. The van der Waals surface area contributed by atoms with Crippen molar-refractivity contribution in [1.82, 2.24) is 0 Å². The molecule has 1 unspecified atom stereocenters. The third-order valence-electron chi connectivity index (χ3n) is 4.00. The minimum Gasteiger partial charge on any atom is -1.00 e. The van der Waals surface area contributed by atoms with Crippen molar-refractivity contribution in [1.29, 1.82) is 0 Å². The summed E-state index contributed by atoms with van der Waals surface area (Å²) in [5, 5.41) is 9.05. The highest BCUT2D eigenvalue weighted by Gasteiger charge is 2.35. The number of unbranched alkanes of at least 4 members (excludes halogenated alkanes) is 1. The first-order valence-electron chi connectivity index (χ1n) is 8.07. The van der Waals surface area contributed by atoms with Gasteiger partial charge in [-0.25, -0.2) is 9.18 Å². The second kappa shape index (κ2) is 11.2. The largest absolute Gasteiger partial charge is 1.00 e. The van der Waals surface area contributed by atoms with E-state index >= 15 is 0 Å². The molecule has 0 spiro atoms. The molecule has 0 aliphatic carbocycles. The minimum atomic E-state index is -4.35. The quantitative estimate of drug-likeness (QED) is 0.160. The van der Waals surface area contributed by atoms with Gasteiger partial charge in [0.15, 0.2) is 24.4 Å². The molecule has 150 valence electrons. The normalized spacial score (nSPS) is 13.6. The average Bonchev–Trinajstić information content (AvgIpc) is 2.46. The van der Waals surface area contributed by atoms with Gasteiger partial charge in [-0.2, -0.15) is 0 Å². The van der Waals surface area contributed by atoms with E-state index < -0.39 is 25.7 Å². The first-order chi connectivity index (χ1) is 11.6. The van der Waals surface area contributed by atoms with Crippen LogP contribution in [0.5, 0.6) is 5.75 Å². The second-order valence-electron chi connectivity index (χ2n) is 6.23. The van der Waals surface area contributed by atoms with Crippen LogP contribution in [0.4, 0.5) is 4.39 Å². The molecule has 0 radical (unpaired) electrons. The smallest absolute Gasteiger partial charge is 0.379 e. The number of hydrogen-bond acceptors (Lipinski definition) is 3. The molecule has 1 aromatic rings. The summed E-state index contributed by atoms with van der Waals surface area (Å²) in [5.74, 6) is -1.39. The maximum absolute atomic E-state index is 13.7. The van der Waals surface area contributed by atoms with Crippen LogP contribution < -0.4 is 28.7 Å². The first kappa shape index (κ1) is 25.3. The number of benzene rings is 1. The van der Waals surface area contributed by atoms with Crippen LogP contribution >= 0.6 is 7.60 Å². The zero-order valence-electron chi connectivity index (χ0n) is 14.9. The number of halogens is 2. The Balaban J connectivity index is 0.00000625. The summed E-state index contributed by atoms with van der Waals surface area (Å²) >= 11 is 0. The second-order valence-corrected chi connectivity index (χ2v) is 7.84. The Morgan fingerprint density at radius 2 is 1.96 bits per heavy atom. The molecule has 1 rings (SSSR count). The lowest BCUT2D eigenvalue weighted by Gasteiger charge is -2.36. The van der Waals surface area contributed by atoms with E-state index in [2.05, 4.69) is 0 Å². The molecule has 7 nitrogen and oxygen atoms in total. The topological polar surface area (TPSA) is 104 Å². The molecular formula is C16H26FINO6P. The SMILES string of the molecule is CC[N+](CCCCOc1ccc(C)cc1F)(CC(=O)O)CP(=O)(O)O.[I-]. The van der Waals surface area contributed by atoms with Crippen LogP contribution in [0, 0.1) is 12.7 Å². The van der Waals surface area contributed by atoms with Crippen LogP contribution in [0.15, 0.2) is 18.2 Å². The van der Waals surface area contributed by atoms with Crippen LogP contribution in [0.25, 0.3) is 0 Å². The van der Waals surface area contributed by atoms with Gasteiger partial charge in [-0.05, 0) is 44.4 Å². The van der Waals surface area contributed by atoms with Crippen LogP contribution in [0.1, 0.15) is 25.3 Å². The van der Waals surface area contributed by atoms with E-state index in [4.69, 9.17) is 9.84 Å². The molecule has 0 bridgehead atoms. The highest BCUT2D eigenvalue weighted by molar-refractivity contribution is 7.51. The van der Waals surface area contributed by atoms with Crippen molar-refractivity contribution in [2.24, 2.45) is 0 Å². The lowest BCUT2D eigenvalue weighted by molar-refractivity contribution is -0.910. The van der Waals surface area contributed by atoms with Gasteiger partial charge in [-0.3, -0.25) is 4.57 Å². The van der Waals surface area contributed by atoms with E-state index in [-0.39, 0.29) is 47.4 Å². The Morgan fingerprint density at radius 1 is 1.31 bits per heavy atom. The van der Waals surface area contributed by atoms with Gasteiger partial charge in [0, 0.05) is 0 Å². The molecule has 1 atom stereocenters. The number of carboxylic acids is 1. The fourth-order valence-electron chi connectivity index (χ4n) is 2.70. The van der Waals surface area contributed by atoms with E-state index in [1.54, 1.807) is 26.0 Å². The average molecular weight is 505 g/mol. The van der Waals surface area contributed by atoms with Gasteiger partial charge in [0.05, 0.1) is 19.7 Å². The molecular weight excluding hydrogens is 479 g/mol. The van der Waals surface area contributed by atoms with Gasteiger partial charge in [0.25, 0.3) is 0 Å². The lowest BCUT2D eigenvalue weighted by Crippen LogP contribution is -3.00. The molecule has 0 amide bonds. The summed E-state index contributed by atoms with van der Waals surface area (Å²) in [6.07, 6.45) is 0.520. The van der Waals surface area contributed by atoms with Crippen LogP contribution in [0.2, 0.25) is 0 Å². The van der Waals surface area contributed by atoms with Crippen molar-refractivity contribution in [2.75, 3.05) is 32.5 Å². The number of quaternary nitrogens is 1. The van der Waals surface area contributed by atoms with E-state index in [1.165, 1.54) is 6.07 Å². The Kier molecular flexibility index (Phi) is 10.9. The maximum Gasteiger partial charge on any atom is 0.379 e. The molecule has 1 aromatic carbocycles. The van der Waals surface area contributed by atoms with Crippen molar-refractivity contribution in [3.8, 4) is 5.75 Å². The number of carbonyl (C=O) groups is 1. The zero-order chi connectivity index (χ0) is 19.1. The Labute approximate surface area is 169 Å². The summed E-state index contributed by atoms with van der Waals surface area (Å²) in [5.41, 5.74) is 0.793. The zero-order valence-corrected chi connectivity index (χ0v) is 18.0. The predicted molar refractivity (Wildman–Crippen MR) is 90.9 cm³/mol. The minimum absolute atomic E-state index is 0. The van der Waals surface area contributed by atoms with Crippen LogP contribution in [0.3, 0.4) is 0 Å². The lowest BCUT2D eigenvalue weighted by atomic mass is 10.2. The Hall–Kier alpha value is -0.740. The van der Waals surface area contributed by atoms with E-state index in [9.17, 15) is 23.5 Å². The van der Waals surface area contributed by atoms with Gasteiger partial charge in [-0.15, -0.1) is 0 Å². The highest BCUT2D eigenvalue weighted by atomic mass is 127. The van der Waals surface area contributed by atoms with Gasteiger partial charge in [-0.1, -0.05) is 6.07 Å². The summed E-state index contributed by atoms with van der Waals surface area (Å²) in [4.78, 5) is 29.5. The summed E-state index contributed by atoms with van der Waals surface area (Å²) in [6, 6.07) is 4.67. The van der Waals surface area contributed by atoms with E-state index in [0.29, 0.717) is 25.9 Å². The highest BCUT2D eigenvalue weighted by Crippen LogP contribution is 2.38. The van der Waals surface area contributed by atoms with Gasteiger partial charge >= 0.3 is 13.6 Å². The van der Waals surface area contributed by atoms with Crippen molar-refractivity contribution < 1.29 is 61.8 Å². The maximum atomic E-state index is 13.7. The number of aryl methyl sites for hydroxylation is 1. The third-order valence-corrected chi connectivity index (χ3v) is 4.97. The molecule has 0 aliphatic rings. The Bertz CT molecular complexity index is 641.